The van der Waals surface area contributed by atoms with Crippen molar-refractivity contribution in [3.8, 4) is 11.5 Å². The van der Waals surface area contributed by atoms with E-state index in [1.165, 1.54) is 6.33 Å². The number of anilines is 2. The average molecular weight is 375 g/mol. The number of methoxy groups -OCH3 is 2. The third kappa shape index (κ3) is 4.11. The van der Waals surface area contributed by atoms with Crippen LogP contribution in [0.1, 0.15) is 5.56 Å². The highest BCUT2D eigenvalue weighted by atomic mass is 31.2. The van der Waals surface area contributed by atoms with Crippen molar-refractivity contribution in [1.29, 1.82) is 0 Å². The molecular weight excluding hydrogens is 357 g/mol. The van der Waals surface area contributed by atoms with Gasteiger partial charge in [-0.25, -0.2) is 9.97 Å². The minimum Gasteiger partial charge on any atom is -0.497 e. The first kappa shape index (κ1) is 18.1. The number of nitrogens with one attached hydrogen (secondary N) is 1. The van der Waals surface area contributed by atoms with Crippen LogP contribution in [0.15, 0.2) is 42.7 Å². The molecule has 0 aliphatic heterocycles. The van der Waals surface area contributed by atoms with Gasteiger partial charge < -0.3 is 24.6 Å². The van der Waals surface area contributed by atoms with Crippen molar-refractivity contribution in [3.05, 3.63) is 48.3 Å². The zero-order valence-corrected chi connectivity index (χ0v) is 15.1. The molecule has 0 radical (unpaired) electrons. The van der Waals surface area contributed by atoms with Crippen molar-refractivity contribution in [2.45, 2.75) is 6.16 Å². The number of benzene rings is 2. The second-order valence-corrected chi connectivity index (χ2v) is 7.24. The van der Waals surface area contributed by atoms with Crippen LogP contribution in [0, 0.1) is 0 Å². The predicted molar refractivity (Wildman–Crippen MR) is 98.1 cm³/mol. The van der Waals surface area contributed by atoms with E-state index >= 15 is 0 Å². The molecule has 0 bridgehead atoms. The van der Waals surface area contributed by atoms with Gasteiger partial charge in [0.2, 0.25) is 0 Å². The maximum atomic E-state index is 11.1. The number of hydrogen-bond donors (Lipinski definition) is 3. The first-order valence-corrected chi connectivity index (χ1v) is 9.46. The molecule has 3 rings (SSSR count). The lowest BCUT2D eigenvalue weighted by Gasteiger charge is -2.12. The Labute approximate surface area is 150 Å². The number of fused-ring (bicyclic) bond motifs is 1. The van der Waals surface area contributed by atoms with E-state index in [1.807, 2.05) is 6.07 Å². The van der Waals surface area contributed by atoms with Crippen LogP contribution in [0.3, 0.4) is 0 Å². The molecule has 0 fully saturated rings. The van der Waals surface area contributed by atoms with Crippen molar-refractivity contribution in [3.63, 3.8) is 0 Å². The van der Waals surface area contributed by atoms with E-state index in [-0.39, 0.29) is 6.16 Å². The first-order chi connectivity index (χ1) is 12.4. The van der Waals surface area contributed by atoms with Crippen LogP contribution >= 0.6 is 7.60 Å². The van der Waals surface area contributed by atoms with Crippen LogP contribution in [0.2, 0.25) is 0 Å². The molecule has 0 saturated heterocycles. The van der Waals surface area contributed by atoms with Crippen molar-refractivity contribution in [2.24, 2.45) is 0 Å². The summed E-state index contributed by atoms with van der Waals surface area (Å²) in [6.45, 7) is 0. The summed E-state index contributed by atoms with van der Waals surface area (Å²) in [5.74, 6) is 1.75. The molecule has 1 heterocycles. The topological polar surface area (TPSA) is 114 Å². The molecule has 136 valence electrons. The van der Waals surface area contributed by atoms with Crippen molar-refractivity contribution in [1.82, 2.24) is 9.97 Å². The number of ether oxygens (including phenoxy) is 2. The molecule has 1 aromatic heterocycles. The van der Waals surface area contributed by atoms with Gasteiger partial charge in [-0.3, -0.25) is 4.57 Å². The zero-order chi connectivity index (χ0) is 18.7. The number of rotatable bonds is 6. The Morgan fingerprint density at radius 1 is 1.08 bits per heavy atom. The molecule has 0 amide bonds. The molecule has 0 saturated carbocycles. The van der Waals surface area contributed by atoms with Crippen LogP contribution in [-0.4, -0.2) is 34.0 Å². The summed E-state index contributed by atoms with van der Waals surface area (Å²) in [4.78, 5) is 26.6. The predicted octanol–water partition coefficient (Wildman–Crippen LogP) is 3.07. The largest absolute Gasteiger partial charge is 0.497 e. The number of nitrogens with zero attached hydrogens (tertiary/aromatic N) is 2. The maximum Gasteiger partial charge on any atom is 0.329 e. The summed E-state index contributed by atoms with van der Waals surface area (Å²) in [6, 6.07) is 10.3. The van der Waals surface area contributed by atoms with Gasteiger partial charge in [-0.2, -0.15) is 0 Å². The molecule has 3 N–H and O–H groups in total. The monoisotopic (exact) mass is 375 g/mol. The van der Waals surface area contributed by atoms with Crippen molar-refractivity contribution in [2.75, 3.05) is 19.5 Å². The van der Waals surface area contributed by atoms with Crippen molar-refractivity contribution >= 4 is 30.0 Å². The molecule has 26 heavy (non-hydrogen) atoms. The van der Waals surface area contributed by atoms with Gasteiger partial charge in [0.15, 0.2) is 0 Å². The van der Waals surface area contributed by atoms with Gasteiger partial charge in [-0.15, -0.1) is 0 Å². The molecule has 9 heteroatoms. The summed E-state index contributed by atoms with van der Waals surface area (Å²) in [5, 5.41) is 3.91. The summed E-state index contributed by atoms with van der Waals surface area (Å²) in [5.41, 5.74) is 1.92. The van der Waals surface area contributed by atoms with E-state index in [0.717, 1.165) is 11.1 Å². The van der Waals surface area contributed by atoms with E-state index in [9.17, 15) is 4.57 Å². The van der Waals surface area contributed by atoms with Gasteiger partial charge in [0.05, 0.1) is 25.8 Å². The smallest absolute Gasteiger partial charge is 0.329 e. The normalized spacial score (nSPS) is 11.4. The third-order valence-corrected chi connectivity index (χ3v) is 4.52. The third-order valence-electron chi connectivity index (χ3n) is 3.74. The Bertz CT molecular complexity index is 972. The fourth-order valence-corrected chi connectivity index (χ4v) is 3.24. The van der Waals surface area contributed by atoms with Gasteiger partial charge in [0.25, 0.3) is 0 Å². The van der Waals surface area contributed by atoms with Gasteiger partial charge >= 0.3 is 7.60 Å². The van der Waals surface area contributed by atoms with E-state index in [4.69, 9.17) is 19.3 Å². The lowest BCUT2D eigenvalue weighted by Crippen LogP contribution is -1.98. The fraction of sp³-hybridized carbons (Fsp3) is 0.176. The van der Waals surface area contributed by atoms with Gasteiger partial charge in [0.1, 0.15) is 29.2 Å². The Morgan fingerprint density at radius 3 is 2.42 bits per heavy atom. The Hall–Kier alpha value is -2.67. The van der Waals surface area contributed by atoms with Gasteiger partial charge in [0, 0.05) is 11.8 Å². The number of hydrogen-bond acceptors (Lipinski definition) is 6. The van der Waals surface area contributed by atoms with Crippen LogP contribution in [0.4, 0.5) is 11.5 Å². The SMILES string of the molecule is COc1cc(OC)c2ncnc(Nc3ccc(CP(=O)(O)O)cc3)c2c1. The van der Waals surface area contributed by atoms with Crippen LogP contribution in [-0.2, 0) is 10.7 Å². The molecule has 0 atom stereocenters. The average Bonchev–Trinajstić information content (AvgIpc) is 2.61. The standard InChI is InChI=1S/C17H18N3O5P/c1-24-13-7-14-16(15(8-13)25-2)18-10-19-17(14)20-12-5-3-11(4-6-12)9-26(21,22)23/h3-8,10H,9H2,1-2H3,(H,18,19,20)(H2,21,22,23). The fourth-order valence-electron chi connectivity index (χ4n) is 2.55. The summed E-state index contributed by atoms with van der Waals surface area (Å²) in [7, 11) is -0.963. The molecule has 8 nitrogen and oxygen atoms in total. The summed E-state index contributed by atoms with van der Waals surface area (Å²) < 4.78 is 21.7. The molecule has 0 unspecified atom stereocenters. The second-order valence-electron chi connectivity index (χ2n) is 5.59. The molecule has 2 aromatic carbocycles. The molecule has 3 aromatic rings. The van der Waals surface area contributed by atoms with Crippen LogP contribution < -0.4 is 14.8 Å². The Balaban J connectivity index is 1.95. The van der Waals surface area contributed by atoms with Crippen LogP contribution in [0.25, 0.3) is 10.9 Å². The molecule has 0 aliphatic rings. The minimum atomic E-state index is -4.09. The first-order valence-electron chi connectivity index (χ1n) is 7.67. The van der Waals surface area contributed by atoms with E-state index in [0.29, 0.717) is 28.4 Å². The highest BCUT2D eigenvalue weighted by Crippen LogP contribution is 2.39. The lowest BCUT2D eigenvalue weighted by molar-refractivity contribution is 0.371. The second kappa shape index (κ2) is 7.29. The Kier molecular flexibility index (Phi) is 5.08. The minimum absolute atomic E-state index is 0.294. The quantitative estimate of drug-likeness (QED) is 0.563. The Morgan fingerprint density at radius 2 is 1.81 bits per heavy atom. The van der Waals surface area contributed by atoms with Gasteiger partial charge in [-0.1, -0.05) is 12.1 Å². The summed E-state index contributed by atoms with van der Waals surface area (Å²) >= 11 is 0. The molecular formula is C17H18N3O5P. The zero-order valence-electron chi connectivity index (χ0n) is 14.2. The highest BCUT2D eigenvalue weighted by Gasteiger charge is 2.14. The molecule has 0 spiro atoms. The summed E-state index contributed by atoms with van der Waals surface area (Å²) in [6.07, 6.45) is 1.14. The van der Waals surface area contributed by atoms with E-state index < -0.39 is 7.60 Å². The van der Waals surface area contributed by atoms with E-state index in [2.05, 4.69) is 15.3 Å². The number of aromatic nitrogens is 2. The lowest BCUT2D eigenvalue weighted by atomic mass is 10.2. The maximum absolute atomic E-state index is 11.1. The van der Waals surface area contributed by atoms with Crippen molar-refractivity contribution < 1.29 is 23.8 Å². The highest BCUT2D eigenvalue weighted by molar-refractivity contribution is 7.50. The van der Waals surface area contributed by atoms with Gasteiger partial charge in [-0.05, 0) is 23.8 Å². The van der Waals surface area contributed by atoms with E-state index in [1.54, 1.807) is 44.6 Å². The van der Waals surface area contributed by atoms with Crippen LogP contribution in [0.5, 0.6) is 11.5 Å². The molecule has 0 aliphatic carbocycles.